The van der Waals surface area contributed by atoms with Crippen molar-refractivity contribution in [1.82, 2.24) is 14.9 Å². The van der Waals surface area contributed by atoms with Gasteiger partial charge >= 0.3 is 0 Å². The number of hydrogen-bond donors (Lipinski definition) is 1. The van der Waals surface area contributed by atoms with E-state index in [2.05, 4.69) is 25.8 Å². The Morgan fingerprint density at radius 2 is 1.87 bits per heavy atom. The average molecular weight is 421 g/mol. The van der Waals surface area contributed by atoms with Gasteiger partial charge in [-0.1, -0.05) is 0 Å². The van der Waals surface area contributed by atoms with Crippen molar-refractivity contribution in [3.63, 3.8) is 0 Å². The molecule has 162 valence electrons. The molecule has 1 saturated heterocycles. The molecule has 4 rings (SSSR count). The monoisotopic (exact) mass is 420 g/mol. The molecule has 1 aliphatic rings. The molecular weight excluding hydrogens is 392 g/mol. The van der Waals surface area contributed by atoms with Crippen LogP contribution in [-0.4, -0.2) is 42.8 Å². The third-order valence-corrected chi connectivity index (χ3v) is 5.75. The van der Waals surface area contributed by atoms with Gasteiger partial charge in [0.25, 0.3) is 0 Å². The van der Waals surface area contributed by atoms with Crippen molar-refractivity contribution in [3.8, 4) is 17.2 Å². The second-order valence-corrected chi connectivity index (χ2v) is 7.59. The summed E-state index contributed by atoms with van der Waals surface area (Å²) in [5.74, 6) is 2.51. The Bertz CT molecular complexity index is 1010. The lowest BCUT2D eigenvalue weighted by Gasteiger charge is -2.33. The van der Waals surface area contributed by atoms with Crippen molar-refractivity contribution in [2.75, 3.05) is 32.2 Å². The van der Waals surface area contributed by atoms with Gasteiger partial charge in [-0.3, -0.25) is 4.79 Å². The molecule has 1 aromatic carbocycles. The highest BCUT2D eigenvalue weighted by Crippen LogP contribution is 2.28. The summed E-state index contributed by atoms with van der Waals surface area (Å²) >= 11 is 0. The maximum atomic E-state index is 12.8. The molecule has 3 aromatic rings. The van der Waals surface area contributed by atoms with Crippen molar-refractivity contribution < 1.29 is 14.3 Å². The number of anilines is 1. The van der Waals surface area contributed by atoms with Gasteiger partial charge < -0.3 is 24.3 Å². The zero-order valence-electron chi connectivity index (χ0n) is 18.0. The number of hydrogen-bond acceptors (Lipinski definition) is 5. The van der Waals surface area contributed by atoms with Gasteiger partial charge in [-0.15, -0.1) is 0 Å². The number of amides is 1. The first-order valence-corrected chi connectivity index (χ1v) is 10.5. The number of ether oxygens (including phenoxy) is 2. The number of methoxy groups -OCH3 is 2. The van der Waals surface area contributed by atoms with Gasteiger partial charge in [-0.05, 0) is 55.3 Å². The fourth-order valence-corrected chi connectivity index (χ4v) is 4.03. The highest BCUT2D eigenvalue weighted by atomic mass is 16.5. The van der Waals surface area contributed by atoms with Crippen LogP contribution in [0.2, 0.25) is 0 Å². The van der Waals surface area contributed by atoms with Gasteiger partial charge in [-0.25, -0.2) is 4.98 Å². The Balaban J connectivity index is 1.36. The number of rotatable bonds is 7. The van der Waals surface area contributed by atoms with Crippen molar-refractivity contribution in [3.05, 3.63) is 66.6 Å². The van der Waals surface area contributed by atoms with E-state index in [-0.39, 0.29) is 11.8 Å². The molecule has 0 radical (unpaired) electrons. The quantitative estimate of drug-likeness (QED) is 0.634. The fraction of sp³-hybridized carbons (Fsp3) is 0.333. The molecule has 3 heterocycles. The normalized spacial score (nSPS) is 14.3. The zero-order chi connectivity index (χ0) is 21.6. The predicted octanol–water partition coefficient (Wildman–Crippen LogP) is 3.42. The first-order valence-electron chi connectivity index (χ1n) is 10.5. The van der Waals surface area contributed by atoms with Crippen LogP contribution in [0.3, 0.4) is 0 Å². The van der Waals surface area contributed by atoms with Crippen LogP contribution in [0, 0.1) is 5.92 Å². The molecule has 1 N–H and O–H groups in total. The molecular formula is C24H28N4O3. The van der Waals surface area contributed by atoms with Crippen LogP contribution >= 0.6 is 0 Å². The number of benzene rings is 1. The van der Waals surface area contributed by atoms with E-state index in [4.69, 9.17) is 9.47 Å². The fourth-order valence-electron chi connectivity index (χ4n) is 4.03. The van der Waals surface area contributed by atoms with E-state index in [9.17, 15) is 4.79 Å². The van der Waals surface area contributed by atoms with Gasteiger partial charge in [0, 0.05) is 49.7 Å². The number of pyridine rings is 1. The van der Waals surface area contributed by atoms with E-state index in [0.717, 1.165) is 54.5 Å². The molecule has 1 amide bonds. The topological polar surface area (TPSA) is 68.6 Å². The number of carbonyl (C=O) groups excluding carboxylic acids is 1. The minimum absolute atomic E-state index is 0.00778. The Labute approximate surface area is 182 Å². The second kappa shape index (κ2) is 9.55. The molecule has 0 atom stereocenters. The highest BCUT2D eigenvalue weighted by Gasteiger charge is 2.27. The van der Waals surface area contributed by atoms with Crippen LogP contribution < -0.4 is 19.7 Å². The van der Waals surface area contributed by atoms with Crippen molar-refractivity contribution in [1.29, 1.82) is 0 Å². The van der Waals surface area contributed by atoms with Gasteiger partial charge in [0.15, 0.2) is 5.82 Å². The maximum absolute atomic E-state index is 12.8. The number of nitrogens with zero attached hydrogens (tertiary/aromatic N) is 3. The summed E-state index contributed by atoms with van der Waals surface area (Å²) in [6.07, 6.45) is 7.45. The summed E-state index contributed by atoms with van der Waals surface area (Å²) in [7, 11) is 3.25. The summed E-state index contributed by atoms with van der Waals surface area (Å²) < 4.78 is 12.8. The van der Waals surface area contributed by atoms with Gasteiger partial charge in [0.1, 0.15) is 11.5 Å². The van der Waals surface area contributed by atoms with Crippen LogP contribution in [0.4, 0.5) is 5.82 Å². The molecule has 0 spiro atoms. The molecule has 1 fully saturated rings. The van der Waals surface area contributed by atoms with Crippen LogP contribution in [0.1, 0.15) is 18.4 Å². The highest BCUT2D eigenvalue weighted by molar-refractivity contribution is 5.79. The molecule has 0 bridgehead atoms. The number of piperidine rings is 1. The Morgan fingerprint density at radius 1 is 1.10 bits per heavy atom. The van der Waals surface area contributed by atoms with E-state index in [1.807, 2.05) is 55.0 Å². The number of nitrogens with one attached hydrogen (secondary N) is 1. The Morgan fingerprint density at radius 3 is 2.58 bits per heavy atom. The molecule has 1 aliphatic heterocycles. The Kier molecular flexibility index (Phi) is 6.40. The minimum atomic E-state index is -0.00778. The van der Waals surface area contributed by atoms with Crippen LogP contribution in [0.5, 0.6) is 11.5 Å². The summed E-state index contributed by atoms with van der Waals surface area (Å²) in [5, 5.41) is 3.07. The summed E-state index contributed by atoms with van der Waals surface area (Å²) in [6, 6.07) is 13.6. The molecule has 31 heavy (non-hydrogen) atoms. The lowest BCUT2D eigenvalue weighted by molar-refractivity contribution is -0.125. The second-order valence-electron chi connectivity index (χ2n) is 7.59. The third kappa shape index (κ3) is 4.66. The van der Waals surface area contributed by atoms with Gasteiger partial charge in [-0.2, -0.15) is 0 Å². The number of carbonyl (C=O) groups is 1. The van der Waals surface area contributed by atoms with Crippen molar-refractivity contribution >= 4 is 11.7 Å². The van der Waals surface area contributed by atoms with E-state index in [0.29, 0.717) is 6.54 Å². The zero-order valence-corrected chi connectivity index (χ0v) is 18.0. The van der Waals surface area contributed by atoms with E-state index < -0.39 is 0 Å². The third-order valence-electron chi connectivity index (χ3n) is 5.75. The van der Waals surface area contributed by atoms with Crippen molar-refractivity contribution in [2.45, 2.75) is 19.4 Å². The smallest absolute Gasteiger partial charge is 0.223 e. The predicted molar refractivity (Wildman–Crippen MR) is 120 cm³/mol. The number of aromatic nitrogens is 2. The largest absolute Gasteiger partial charge is 0.497 e. The van der Waals surface area contributed by atoms with E-state index >= 15 is 0 Å². The van der Waals surface area contributed by atoms with E-state index in [1.54, 1.807) is 14.2 Å². The summed E-state index contributed by atoms with van der Waals surface area (Å²) in [5.41, 5.74) is 1.96. The lowest BCUT2D eigenvalue weighted by atomic mass is 9.95. The molecule has 2 aromatic heterocycles. The molecule has 7 nitrogen and oxygen atoms in total. The lowest BCUT2D eigenvalue weighted by Crippen LogP contribution is -2.41. The van der Waals surface area contributed by atoms with Gasteiger partial charge in [0.2, 0.25) is 5.91 Å². The molecule has 0 unspecified atom stereocenters. The van der Waals surface area contributed by atoms with Crippen LogP contribution in [0.15, 0.2) is 61.1 Å². The minimum Gasteiger partial charge on any atom is -0.497 e. The standard InChI is InChI=1S/C24H28N4O3/c1-30-20-7-8-22(31-2)19(16-20)17-26-24(29)18-9-14-28(15-10-18)23-21(6-5-11-25-23)27-12-3-4-13-27/h3-8,11-13,16,18H,9-10,14-15,17H2,1-2H3,(H,26,29). The average Bonchev–Trinajstić information content (AvgIpc) is 3.37. The van der Waals surface area contributed by atoms with Crippen molar-refractivity contribution in [2.24, 2.45) is 5.92 Å². The summed E-state index contributed by atoms with van der Waals surface area (Å²) in [4.78, 5) is 19.7. The molecule has 0 aliphatic carbocycles. The van der Waals surface area contributed by atoms with Crippen LogP contribution in [0.25, 0.3) is 5.69 Å². The SMILES string of the molecule is COc1ccc(OC)c(CNC(=O)C2CCN(c3ncccc3-n3cccc3)CC2)c1. The first kappa shape index (κ1) is 20.8. The summed E-state index contributed by atoms with van der Waals surface area (Å²) in [6.45, 7) is 2.01. The van der Waals surface area contributed by atoms with Gasteiger partial charge in [0.05, 0.1) is 19.9 Å². The Hall–Kier alpha value is -3.48. The molecule has 7 heteroatoms. The maximum Gasteiger partial charge on any atom is 0.223 e. The first-order chi connectivity index (χ1) is 15.2. The molecule has 0 saturated carbocycles. The van der Waals surface area contributed by atoms with Crippen LogP contribution in [-0.2, 0) is 11.3 Å². The van der Waals surface area contributed by atoms with E-state index in [1.165, 1.54) is 0 Å².